The van der Waals surface area contributed by atoms with Gasteiger partial charge in [0, 0.05) is 7.11 Å². The maximum atomic E-state index is 11.2. The first-order valence-corrected chi connectivity index (χ1v) is 4.47. The average molecular weight is 188 g/mol. The highest BCUT2D eigenvalue weighted by Gasteiger charge is 2.33. The maximum absolute atomic E-state index is 11.2. The molecule has 0 radical (unpaired) electrons. The van der Waals surface area contributed by atoms with Gasteiger partial charge in [-0.05, 0) is 19.3 Å². The second kappa shape index (κ2) is 4.58. The van der Waals surface area contributed by atoms with Crippen molar-refractivity contribution in [1.82, 2.24) is 0 Å². The van der Waals surface area contributed by atoms with Gasteiger partial charge in [-0.25, -0.2) is 0 Å². The number of aliphatic hydroxyl groups excluding tert-OH is 1. The van der Waals surface area contributed by atoms with Crippen LogP contribution in [0.4, 0.5) is 0 Å². The van der Waals surface area contributed by atoms with Crippen LogP contribution in [0.1, 0.15) is 19.3 Å². The standard InChI is InChI=1S/C9H16O4/c1-12-8-5-6(9(11)13-2)3-4-7(8)10/h6-8,10H,3-5H2,1-2H3/t6-,7+,8+/m1/s1. The molecule has 0 saturated heterocycles. The molecule has 0 spiro atoms. The third-order valence-corrected chi connectivity index (χ3v) is 2.59. The number of esters is 1. The number of ether oxygens (including phenoxy) is 2. The van der Waals surface area contributed by atoms with Gasteiger partial charge in [0.1, 0.15) is 0 Å². The van der Waals surface area contributed by atoms with Crippen LogP contribution in [0.25, 0.3) is 0 Å². The lowest BCUT2D eigenvalue weighted by atomic mass is 9.85. The van der Waals surface area contributed by atoms with E-state index >= 15 is 0 Å². The predicted octanol–water partition coefficient (Wildman–Crippen LogP) is 0.335. The Morgan fingerprint density at radius 1 is 1.38 bits per heavy atom. The molecule has 0 aromatic rings. The molecule has 4 heteroatoms. The van der Waals surface area contributed by atoms with Gasteiger partial charge in [-0.15, -0.1) is 0 Å². The predicted molar refractivity (Wildman–Crippen MR) is 46.2 cm³/mol. The van der Waals surface area contributed by atoms with Crippen molar-refractivity contribution in [2.45, 2.75) is 31.5 Å². The van der Waals surface area contributed by atoms with E-state index in [1.165, 1.54) is 7.11 Å². The van der Waals surface area contributed by atoms with E-state index in [0.29, 0.717) is 19.3 Å². The van der Waals surface area contributed by atoms with Crippen LogP contribution in [-0.2, 0) is 14.3 Å². The van der Waals surface area contributed by atoms with Crippen LogP contribution in [0.2, 0.25) is 0 Å². The summed E-state index contributed by atoms with van der Waals surface area (Å²) in [5.41, 5.74) is 0. The van der Waals surface area contributed by atoms with Gasteiger partial charge in [0.25, 0.3) is 0 Å². The Morgan fingerprint density at radius 2 is 2.08 bits per heavy atom. The van der Waals surface area contributed by atoms with E-state index in [1.54, 1.807) is 7.11 Å². The zero-order valence-corrected chi connectivity index (χ0v) is 8.03. The minimum absolute atomic E-state index is 0.113. The first-order chi connectivity index (χ1) is 6.19. The van der Waals surface area contributed by atoms with Crippen molar-refractivity contribution in [3.8, 4) is 0 Å². The topological polar surface area (TPSA) is 55.8 Å². The Kier molecular flexibility index (Phi) is 3.69. The molecule has 1 saturated carbocycles. The Balaban J connectivity index is 2.49. The Hall–Kier alpha value is -0.610. The lowest BCUT2D eigenvalue weighted by Crippen LogP contribution is -2.38. The molecular weight excluding hydrogens is 172 g/mol. The van der Waals surface area contributed by atoms with Crippen molar-refractivity contribution in [3.05, 3.63) is 0 Å². The van der Waals surface area contributed by atoms with E-state index in [4.69, 9.17) is 4.74 Å². The van der Waals surface area contributed by atoms with Gasteiger partial charge in [-0.3, -0.25) is 4.79 Å². The molecule has 76 valence electrons. The molecule has 0 aromatic carbocycles. The van der Waals surface area contributed by atoms with Gasteiger partial charge < -0.3 is 14.6 Å². The van der Waals surface area contributed by atoms with Crippen LogP contribution in [-0.4, -0.2) is 37.5 Å². The van der Waals surface area contributed by atoms with Crippen LogP contribution < -0.4 is 0 Å². The number of methoxy groups -OCH3 is 2. The Bertz CT molecular complexity index is 180. The molecule has 3 atom stereocenters. The number of hydrogen-bond acceptors (Lipinski definition) is 4. The summed E-state index contributed by atoms with van der Waals surface area (Å²) in [7, 11) is 2.93. The molecule has 1 fully saturated rings. The first kappa shape index (κ1) is 10.5. The van der Waals surface area contributed by atoms with E-state index in [9.17, 15) is 9.90 Å². The van der Waals surface area contributed by atoms with Crippen molar-refractivity contribution in [2.24, 2.45) is 5.92 Å². The highest BCUT2D eigenvalue weighted by molar-refractivity contribution is 5.72. The van der Waals surface area contributed by atoms with E-state index in [-0.39, 0.29) is 18.0 Å². The van der Waals surface area contributed by atoms with E-state index < -0.39 is 6.10 Å². The molecule has 0 aromatic heterocycles. The third kappa shape index (κ3) is 2.42. The third-order valence-electron chi connectivity index (χ3n) is 2.59. The van der Waals surface area contributed by atoms with Crippen molar-refractivity contribution in [2.75, 3.05) is 14.2 Å². The summed E-state index contributed by atoms with van der Waals surface area (Å²) in [6.07, 6.45) is 1.19. The Morgan fingerprint density at radius 3 is 2.62 bits per heavy atom. The van der Waals surface area contributed by atoms with Gasteiger partial charge in [-0.2, -0.15) is 0 Å². The minimum atomic E-state index is -0.439. The van der Waals surface area contributed by atoms with Crippen LogP contribution in [0.15, 0.2) is 0 Å². The molecule has 1 aliphatic carbocycles. The lowest BCUT2D eigenvalue weighted by molar-refractivity contribution is -0.150. The SMILES string of the molecule is COC(=O)[C@@H]1CC[C@H](O)[C@@H](OC)C1. The zero-order chi connectivity index (χ0) is 9.84. The Labute approximate surface area is 77.8 Å². The number of carbonyl (C=O) groups is 1. The van der Waals surface area contributed by atoms with E-state index in [0.717, 1.165) is 0 Å². The number of hydrogen-bond donors (Lipinski definition) is 1. The van der Waals surface area contributed by atoms with Crippen LogP contribution in [0.3, 0.4) is 0 Å². The van der Waals surface area contributed by atoms with E-state index in [2.05, 4.69) is 4.74 Å². The van der Waals surface area contributed by atoms with Crippen molar-refractivity contribution in [3.63, 3.8) is 0 Å². The fourth-order valence-electron chi connectivity index (χ4n) is 1.75. The number of carbonyl (C=O) groups excluding carboxylic acids is 1. The van der Waals surface area contributed by atoms with Gasteiger partial charge in [0.2, 0.25) is 0 Å². The van der Waals surface area contributed by atoms with Gasteiger partial charge in [0.15, 0.2) is 0 Å². The molecule has 0 bridgehead atoms. The highest BCUT2D eigenvalue weighted by atomic mass is 16.5. The fraction of sp³-hybridized carbons (Fsp3) is 0.889. The largest absolute Gasteiger partial charge is 0.469 e. The highest BCUT2D eigenvalue weighted by Crippen LogP contribution is 2.27. The smallest absolute Gasteiger partial charge is 0.308 e. The van der Waals surface area contributed by atoms with Crippen LogP contribution in [0.5, 0.6) is 0 Å². The second-order valence-electron chi connectivity index (χ2n) is 3.37. The minimum Gasteiger partial charge on any atom is -0.469 e. The molecule has 4 nitrogen and oxygen atoms in total. The molecule has 1 N–H and O–H groups in total. The summed E-state index contributed by atoms with van der Waals surface area (Å²) in [6.45, 7) is 0. The molecule has 1 rings (SSSR count). The van der Waals surface area contributed by atoms with Crippen molar-refractivity contribution >= 4 is 5.97 Å². The molecule has 0 heterocycles. The van der Waals surface area contributed by atoms with Crippen LogP contribution in [0, 0.1) is 5.92 Å². The van der Waals surface area contributed by atoms with E-state index in [1.807, 2.05) is 0 Å². The number of aliphatic hydroxyl groups is 1. The summed E-state index contributed by atoms with van der Waals surface area (Å²) in [6, 6.07) is 0. The molecular formula is C9H16O4. The summed E-state index contributed by atoms with van der Waals surface area (Å²) < 4.78 is 9.71. The number of rotatable bonds is 2. The summed E-state index contributed by atoms with van der Waals surface area (Å²) in [4.78, 5) is 11.2. The van der Waals surface area contributed by atoms with Crippen molar-refractivity contribution < 1.29 is 19.4 Å². The summed E-state index contributed by atoms with van der Waals surface area (Å²) in [5.74, 6) is -0.313. The summed E-state index contributed by atoms with van der Waals surface area (Å²) in [5, 5.41) is 9.46. The fourth-order valence-corrected chi connectivity index (χ4v) is 1.75. The quantitative estimate of drug-likeness (QED) is 0.635. The monoisotopic (exact) mass is 188 g/mol. The first-order valence-electron chi connectivity index (χ1n) is 4.47. The molecule has 0 unspecified atom stereocenters. The average Bonchev–Trinajstić information content (AvgIpc) is 2.17. The lowest BCUT2D eigenvalue weighted by Gasteiger charge is -2.30. The molecule has 0 amide bonds. The van der Waals surface area contributed by atoms with Crippen LogP contribution >= 0.6 is 0 Å². The zero-order valence-electron chi connectivity index (χ0n) is 8.03. The van der Waals surface area contributed by atoms with Gasteiger partial charge in [0.05, 0.1) is 25.2 Å². The maximum Gasteiger partial charge on any atom is 0.308 e. The van der Waals surface area contributed by atoms with Gasteiger partial charge in [-0.1, -0.05) is 0 Å². The summed E-state index contributed by atoms with van der Waals surface area (Å²) >= 11 is 0. The molecule has 13 heavy (non-hydrogen) atoms. The van der Waals surface area contributed by atoms with Gasteiger partial charge >= 0.3 is 5.97 Å². The van der Waals surface area contributed by atoms with Crippen molar-refractivity contribution in [1.29, 1.82) is 0 Å². The normalized spacial score (nSPS) is 34.2. The molecule has 1 aliphatic rings. The second-order valence-corrected chi connectivity index (χ2v) is 3.37. The molecule has 0 aliphatic heterocycles.